The second kappa shape index (κ2) is 5.07. The van der Waals surface area contributed by atoms with Crippen LogP contribution in [0.15, 0.2) is 39.0 Å². The Kier molecular flexibility index (Phi) is 3.50. The number of carbonyl (C=O) groups excluding carboxylic acids is 1. The lowest BCUT2D eigenvalue weighted by Gasteiger charge is -2.00. The van der Waals surface area contributed by atoms with Gasteiger partial charge in [-0.1, -0.05) is 11.8 Å². The number of benzene rings is 1. The average Bonchev–Trinajstić information content (AvgIpc) is 2.81. The van der Waals surface area contributed by atoms with Gasteiger partial charge in [0, 0.05) is 22.5 Å². The zero-order chi connectivity index (χ0) is 12.3. The fourth-order valence-corrected chi connectivity index (χ4v) is 2.86. The van der Waals surface area contributed by atoms with Crippen molar-refractivity contribution in [3.63, 3.8) is 0 Å². The summed E-state index contributed by atoms with van der Waals surface area (Å²) in [6.45, 7) is 0. The number of rotatable bonds is 4. The molecular formula is C10H6N2O3S2. The van der Waals surface area contributed by atoms with Gasteiger partial charge in [0.1, 0.15) is 0 Å². The van der Waals surface area contributed by atoms with Crippen molar-refractivity contribution >= 4 is 35.1 Å². The van der Waals surface area contributed by atoms with Crippen LogP contribution in [0.1, 0.15) is 10.4 Å². The Morgan fingerprint density at radius 3 is 2.88 bits per heavy atom. The van der Waals surface area contributed by atoms with Gasteiger partial charge in [-0.2, -0.15) is 0 Å². The Hall–Kier alpha value is -1.73. The largest absolute Gasteiger partial charge is 0.298 e. The van der Waals surface area contributed by atoms with Crippen LogP contribution in [0.3, 0.4) is 0 Å². The van der Waals surface area contributed by atoms with Crippen LogP contribution in [0.4, 0.5) is 5.69 Å². The predicted octanol–water partition coefficient (Wildman–Crippen LogP) is 3.02. The number of nitro benzene ring substituents is 1. The van der Waals surface area contributed by atoms with Crippen LogP contribution in [0, 0.1) is 10.1 Å². The van der Waals surface area contributed by atoms with Crippen LogP contribution in [-0.2, 0) is 0 Å². The molecule has 2 rings (SSSR count). The fourth-order valence-electron chi connectivity index (χ4n) is 1.22. The summed E-state index contributed by atoms with van der Waals surface area (Å²) in [6, 6.07) is 4.44. The highest BCUT2D eigenvalue weighted by molar-refractivity contribution is 8.01. The fraction of sp³-hybridized carbons (Fsp3) is 0. The molecular weight excluding hydrogens is 260 g/mol. The molecule has 5 nitrogen and oxygen atoms in total. The third kappa shape index (κ3) is 2.69. The Labute approximate surface area is 105 Å². The molecule has 86 valence electrons. The molecule has 1 aromatic heterocycles. The molecule has 0 aliphatic heterocycles. The van der Waals surface area contributed by atoms with E-state index < -0.39 is 4.92 Å². The molecule has 0 bridgehead atoms. The van der Waals surface area contributed by atoms with Crippen molar-refractivity contribution in [1.82, 2.24) is 4.98 Å². The van der Waals surface area contributed by atoms with Gasteiger partial charge in [0.05, 0.1) is 10.5 Å². The summed E-state index contributed by atoms with van der Waals surface area (Å²) in [5, 5.41) is 12.5. The van der Waals surface area contributed by atoms with Crippen LogP contribution in [0.25, 0.3) is 0 Å². The lowest BCUT2D eigenvalue weighted by atomic mass is 10.2. The molecule has 0 unspecified atom stereocenters. The lowest BCUT2D eigenvalue weighted by Crippen LogP contribution is -1.94. The van der Waals surface area contributed by atoms with Gasteiger partial charge in [-0.25, -0.2) is 4.98 Å². The SMILES string of the molecule is O=Cc1cc(Sc2nccs2)ccc1[N+](=O)[O-]. The van der Waals surface area contributed by atoms with Crippen molar-refractivity contribution in [3.05, 3.63) is 45.5 Å². The van der Waals surface area contributed by atoms with E-state index in [-0.39, 0.29) is 11.3 Å². The molecule has 0 saturated heterocycles. The highest BCUT2D eigenvalue weighted by atomic mass is 32.2. The Morgan fingerprint density at radius 2 is 2.29 bits per heavy atom. The zero-order valence-electron chi connectivity index (χ0n) is 8.40. The third-order valence-electron chi connectivity index (χ3n) is 1.94. The minimum absolute atomic E-state index is 0.0801. The normalized spacial score (nSPS) is 10.1. The van der Waals surface area contributed by atoms with E-state index >= 15 is 0 Å². The third-order valence-corrected chi connectivity index (χ3v) is 3.81. The van der Waals surface area contributed by atoms with E-state index in [1.807, 2.05) is 5.38 Å². The summed E-state index contributed by atoms with van der Waals surface area (Å²) in [4.78, 5) is 25.7. The summed E-state index contributed by atoms with van der Waals surface area (Å²) in [7, 11) is 0. The van der Waals surface area contributed by atoms with Crippen molar-refractivity contribution in [2.75, 3.05) is 0 Å². The van der Waals surface area contributed by atoms with Gasteiger partial charge in [-0.15, -0.1) is 11.3 Å². The van der Waals surface area contributed by atoms with Crippen LogP contribution >= 0.6 is 23.1 Å². The molecule has 7 heteroatoms. The van der Waals surface area contributed by atoms with Crippen LogP contribution in [-0.4, -0.2) is 16.2 Å². The number of hydrogen-bond acceptors (Lipinski definition) is 6. The molecule has 0 aliphatic rings. The van der Waals surface area contributed by atoms with Crippen LogP contribution in [0.2, 0.25) is 0 Å². The summed E-state index contributed by atoms with van der Waals surface area (Å²) in [5.74, 6) is 0. The topological polar surface area (TPSA) is 73.1 Å². The molecule has 0 saturated carbocycles. The smallest absolute Gasteiger partial charge is 0.279 e. The molecule has 0 amide bonds. The molecule has 0 atom stereocenters. The Bertz CT molecular complexity index is 555. The molecule has 17 heavy (non-hydrogen) atoms. The molecule has 2 aromatic rings. The molecule has 0 fully saturated rings. The van der Waals surface area contributed by atoms with Gasteiger partial charge in [-0.3, -0.25) is 14.9 Å². The van der Waals surface area contributed by atoms with Crippen molar-refractivity contribution in [1.29, 1.82) is 0 Å². The maximum atomic E-state index is 10.8. The van der Waals surface area contributed by atoms with E-state index in [1.54, 1.807) is 12.3 Å². The van der Waals surface area contributed by atoms with Gasteiger partial charge in [0.25, 0.3) is 5.69 Å². The first-order valence-corrected chi connectivity index (χ1v) is 6.21. The summed E-state index contributed by atoms with van der Waals surface area (Å²) in [6.07, 6.45) is 2.17. The first-order valence-electron chi connectivity index (χ1n) is 4.51. The van der Waals surface area contributed by atoms with E-state index in [1.165, 1.54) is 35.2 Å². The predicted molar refractivity (Wildman–Crippen MR) is 64.7 cm³/mol. The second-order valence-corrected chi connectivity index (χ2v) is 5.21. The van der Waals surface area contributed by atoms with Gasteiger partial charge in [0.2, 0.25) is 0 Å². The van der Waals surface area contributed by atoms with E-state index in [0.717, 1.165) is 9.24 Å². The quantitative estimate of drug-likeness (QED) is 0.483. The maximum absolute atomic E-state index is 10.8. The summed E-state index contributed by atoms with van der Waals surface area (Å²) in [5.41, 5.74) is -0.0972. The average molecular weight is 266 g/mol. The van der Waals surface area contributed by atoms with E-state index in [4.69, 9.17) is 0 Å². The molecule has 0 spiro atoms. The highest BCUT2D eigenvalue weighted by Crippen LogP contribution is 2.31. The zero-order valence-corrected chi connectivity index (χ0v) is 10.0. The highest BCUT2D eigenvalue weighted by Gasteiger charge is 2.14. The number of aromatic nitrogens is 1. The van der Waals surface area contributed by atoms with Crippen LogP contribution in [0.5, 0.6) is 0 Å². The lowest BCUT2D eigenvalue weighted by molar-refractivity contribution is -0.385. The second-order valence-electron chi connectivity index (χ2n) is 3.00. The monoisotopic (exact) mass is 266 g/mol. The molecule has 1 aromatic carbocycles. The van der Waals surface area contributed by atoms with E-state index in [9.17, 15) is 14.9 Å². The molecule has 1 heterocycles. The minimum Gasteiger partial charge on any atom is -0.298 e. The molecule has 0 radical (unpaired) electrons. The number of hydrogen-bond donors (Lipinski definition) is 0. The minimum atomic E-state index is -0.568. The van der Waals surface area contributed by atoms with Crippen molar-refractivity contribution in [3.8, 4) is 0 Å². The standard InChI is InChI=1S/C10H6N2O3S2/c13-6-7-5-8(1-2-9(7)12(14)15)17-10-11-3-4-16-10/h1-6H. The van der Waals surface area contributed by atoms with Crippen molar-refractivity contribution in [2.45, 2.75) is 9.24 Å². The van der Waals surface area contributed by atoms with Gasteiger partial charge >= 0.3 is 0 Å². The first-order chi connectivity index (χ1) is 8.20. The van der Waals surface area contributed by atoms with Gasteiger partial charge in [-0.05, 0) is 12.1 Å². The maximum Gasteiger partial charge on any atom is 0.279 e. The number of thiazole rings is 1. The number of carbonyl (C=O) groups is 1. The van der Waals surface area contributed by atoms with Crippen molar-refractivity contribution < 1.29 is 9.72 Å². The number of aldehydes is 1. The first kappa shape index (κ1) is 11.7. The van der Waals surface area contributed by atoms with Crippen molar-refractivity contribution in [2.24, 2.45) is 0 Å². The number of nitrogens with zero attached hydrogens (tertiary/aromatic N) is 2. The molecule has 0 aliphatic carbocycles. The van der Waals surface area contributed by atoms with Crippen LogP contribution < -0.4 is 0 Å². The Balaban J connectivity index is 2.31. The summed E-state index contributed by atoms with van der Waals surface area (Å²) < 4.78 is 0.829. The van der Waals surface area contributed by atoms with Gasteiger partial charge in [0.15, 0.2) is 10.6 Å². The van der Waals surface area contributed by atoms with E-state index in [2.05, 4.69) is 4.98 Å². The van der Waals surface area contributed by atoms with E-state index in [0.29, 0.717) is 6.29 Å². The molecule has 0 N–H and O–H groups in total. The summed E-state index contributed by atoms with van der Waals surface area (Å²) >= 11 is 2.84. The Morgan fingerprint density at radius 1 is 1.47 bits per heavy atom. The number of nitro groups is 1. The van der Waals surface area contributed by atoms with Gasteiger partial charge < -0.3 is 0 Å².